The predicted molar refractivity (Wildman–Crippen MR) is 60.0 cm³/mol. The molecule has 124 valence electrons. The first-order valence-corrected chi connectivity index (χ1v) is 6.18. The standard InChI is InChI=1S/C12H15F8N/c1-7(2)10(14,15)9(13)12(19,20)21-5-3-8(4-6-21)11(16,17)18/h8-9H,1,3-6H2,2H3. The molecule has 1 saturated heterocycles. The van der Waals surface area contributed by atoms with Crippen molar-refractivity contribution in [1.29, 1.82) is 0 Å². The van der Waals surface area contributed by atoms with Gasteiger partial charge in [-0.25, -0.2) is 9.29 Å². The fraction of sp³-hybridized carbons (Fsp3) is 0.833. The summed E-state index contributed by atoms with van der Waals surface area (Å²) in [5.74, 6) is -6.23. The molecule has 1 aliphatic rings. The van der Waals surface area contributed by atoms with Gasteiger partial charge in [0, 0.05) is 13.1 Å². The van der Waals surface area contributed by atoms with Crippen molar-refractivity contribution in [2.24, 2.45) is 5.92 Å². The highest BCUT2D eigenvalue weighted by Crippen LogP contribution is 2.42. The van der Waals surface area contributed by atoms with Crippen LogP contribution in [0.1, 0.15) is 19.8 Å². The van der Waals surface area contributed by atoms with Crippen LogP contribution < -0.4 is 0 Å². The maximum Gasteiger partial charge on any atom is 0.391 e. The Balaban J connectivity index is 2.80. The molecule has 1 aliphatic heterocycles. The van der Waals surface area contributed by atoms with Gasteiger partial charge < -0.3 is 0 Å². The van der Waals surface area contributed by atoms with E-state index in [2.05, 4.69) is 6.58 Å². The number of hydrogen-bond acceptors (Lipinski definition) is 1. The smallest absolute Gasteiger partial charge is 0.242 e. The van der Waals surface area contributed by atoms with E-state index in [1.165, 1.54) is 0 Å². The Kier molecular flexibility index (Phi) is 4.97. The van der Waals surface area contributed by atoms with E-state index < -0.39 is 61.7 Å². The first-order valence-electron chi connectivity index (χ1n) is 6.18. The largest absolute Gasteiger partial charge is 0.391 e. The van der Waals surface area contributed by atoms with Gasteiger partial charge in [-0.3, -0.25) is 0 Å². The third-order valence-electron chi connectivity index (χ3n) is 3.57. The molecule has 0 aromatic carbocycles. The number of alkyl halides is 8. The molecule has 1 unspecified atom stereocenters. The summed E-state index contributed by atoms with van der Waals surface area (Å²) >= 11 is 0. The van der Waals surface area contributed by atoms with Crippen LogP contribution in [0.5, 0.6) is 0 Å². The third-order valence-corrected chi connectivity index (χ3v) is 3.57. The van der Waals surface area contributed by atoms with Crippen molar-refractivity contribution in [1.82, 2.24) is 4.90 Å². The summed E-state index contributed by atoms with van der Waals surface area (Å²) in [6.45, 7) is 1.86. The number of hydrogen-bond donors (Lipinski definition) is 0. The highest BCUT2D eigenvalue weighted by Gasteiger charge is 2.60. The average Bonchev–Trinajstić information content (AvgIpc) is 2.36. The molecule has 0 spiro atoms. The molecular formula is C12H15F8N. The van der Waals surface area contributed by atoms with E-state index in [4.69, 9.17) is 0 Å². The van der Waals surface area contributed by atoms with Crippen molar-refractivity contribution in [2.45, 2.75) is 44.1 Å². The fourth-order valence-corrected chi connectivity index (χ4v) is 2.10. The van der Waals surface area contributed by atoms with Gasteiger partial charge in [-0.1, -0.05) is 6.58 Å². The number of allylic oxidation sites excluding steroid dienone is 1. The second kappa shape index (κ2) is 5.73. The summed E-state index contributed by atoms with van der Waals surface area (Å²) in [7, 11) is 0. The molecule has 1 rings (SSSR count). The molecule has 0 amide bonds. The maximum atomic E-state index is 13.7. The van der Waals surface area contributed by atoms with Crippen LogP contribution in [0.2, 0.25) is 0 Å². The van der Waals surface area contributed by atoms with Gasteiger partial charge in [0.2, 0.25) is 6.17 Å². The number of rotatable bonds is 4. The third kappa shape index (κ3) is 3.67. The van der Waals surface area contributed by atoms with Crippen LogP contribution in [0, 0.1) is 5.92 Å². The Morgan fingerprint density at radius 2 is 1.48 bits per heavy atom. The van der Waals surface area contributed by atoms with E-state index in [0.29, 0.717) is 6.92 Å². The zero-order valence-electron chi connectivity index (χ0n) is 11.2. The second-order valence-corrected chi connectivity index (χ2v) is 5.16. The molecule has 0 N–H and O–H groups in total. The molecule has 0 aliphatic carbocycles. The fourth-order valence-electron chi connectivity index (χ4n) is 2.10. The molecule has 0 radical (unpaired) electrons. The molecule has 0 bridgehead atoms. The Morgan fingerprint density at radius 3 is 1.81 bits per heavy atom. The van der Waals surface area contributed by atoms with Crippen LogP contribution in [-0.2, 0) is 0 Å². The second-order valence-electron chi connectivity index (χ2n) is 5.16. The first kappa shape index (κ1) is 18.2. The van der Waals surface area contributed by atoms with Gasteiger partial charge in [0.05, 0.1) is 5.92 Å². The first-order chi connectivity index (χ1) is 9.31. The number of likely N-dealkylation sites (tertiary alicyclic amines) is 1. The highest BCUT2D eigenvalue weighted by atomic mass is 19.4. The Hall–Kier alpha value is -0.860. The minimum Gasteiger partial charge on any atom is -0.242 e. The van der Waals surface area contributed by atoms with Crippen LogP contribution in [0.25, 0.3) is 0 Å². The van der Waals surface area contributed by atoms with Gasteiger partial charge in [-0.15, -0.1) is 0 Å². The average molecular weight is 325 g/mol. The topological polar surface area (TPSA) is 3.24 Å². The zero-order chi connectivity index (χ0) is 16.6. The Labute approximate surface area is 116 Å². The van der Waals surface area contributed by atoms with Crippen LogP contribution in [-0.4, -0.2) is 42.3 Å². The minimum absolute atomic E-state index is 0.0384. The molecule has 1 nitrogen and oxygen atoms in total. The summed E-state index contributed by atoms with van der Waals surface area (Å²) in [6, 6.07) is -4.56. The zero-order valence-corrected chi connectivity index (χ0v) is 11.2. The van der Waals surface area contributed by atoms with E-state index in [-0.39, 0.29) is 4.90 Å². The van der Waals surface area contributed by atoms with E-state index in [1.807, 2.05) is 0 Å². The summed E-state index contributed by atoms with van der Waals surface area (Å²) in [5.41, 5.74) is -1.07. The predicted octanol–water partition coefficient (Wildman–Crippen LogP) is 4.40. The van der Waals surface area contributed by atoms with Crippen LogP contribution in [0.4, 0.5) is 35.1 Å². The molecule has 1 atom stereocenters. The Bertz CT molecular complexity index is 381. The van der Waals surface area contributed by atoms with Gasteiger partial charge in [-0.05, 0) is 25.3 Å². The number of nitrogens with zero attached hydrogens (tertiary/aromatic N) is 1. The van der Waals surface area contributed by atoms with E-state index in [9.17, 15) is 35.1 Å². The maximum absolute atomic E-state index is 13.7. The minimum atomic E-state index is -4.56. The van der Waals surface area contributed by atoms with Gasteiger partial charge in [0.1, 0.15) is 0 Å². The summed E-state index contributed by atoms with van der Waals surface area (Å²) in [5, 5.41) is 0. The lowest BCUT2D eigenvalue weighted by molar-refractivity contribution is -0.255. The molecule has 9 heteroatoms. The van der Waals surface area contributed by atoms with Gasteiger partial charge in [-0.2, -0.15) is 30.7 Å². The van der Waals surface area contributed by atoms with E-state index in [1.54, 1.807) is 0 Å². The summed E-state index contributed by atoms with van der Waals surface area (Å²) < 4.78 is 105. The van der Waals surface area contributed by atoms with Crippen LogP contribution >= 0.6 is 0 Å². The molecule has 1 heterocycles. The lowest BCUT2D eigenvalue weighted by Crippen LogP contribution is -2.57. The van der Waals surface area contributed by atoms with Crippen molar-refractivity contribution in [3.8, 4) is 0 Å². The lowest BCUT2D eigenvalue weighted by atomic mass is 9.95. The molecule has 0 aromatic rings. The van der Waals surface area contributed by atoms with Gasteiger partial charge in [0.25, 0.3) is 0 Å². The highest BCUT2D eigenvalue weighted by molar-refractivity contribution is 5.10. The monoisotopic (exact) mass is 325 g/mol. The summed E-state index contributed by atoms with van der Waals surface area (Å²) in [6.07, 6.45) is -9.74. The number of halogens is 8. The van der Waals surface area contributed by atoms with Crippen molar-refractivity contribution >= 4 is 0 Å². The molecule has 0 saturated carbocycles. The molecular weight excluding hydrogens is 310 g/mol. The van der Waals surface area contributed by atoms with Crippen molar-refractivity contribution in [3.63, 3.8) is 0 Å². The van der Waals surface area contributed by atoms with Crippen molar-refractivity contribution < 1.29 is 35.1 Å². The number of piperidine rings is 1. The molecule has 0 aromatic heterocycles. The van der Waals surface area contributed by atoms with Crippen LogP contribution in [0.15, 0.2) is 12.2 Å². The van der Waals surface area contributed by atoms with Crippen LogP contribution in [0.3, 0.4) is 0 Å². The summed E-state index contributed by atoms with van der Waals surface area (Å²) in [4.78, 5) is 0.0384. The molecule has 1 fully saturated rings. The van der Waals surface area contributed by atoms with Gasteiger partial charge in [0.15, 0.2) is 0 Å². The van der Waals surface area contributed by atoms with Crippen molar-refractivity contribution in [3.05, 3.63) is 12.2 Å². The molecule has 21 heavy (non-hydrogen) atoms. The normalized spacial score (nSPS) is 21.4. The van der Waals surface area contributed by atoms with Crippen molar-refractivity contribution in [2.75, 3.05) is 13.1 Å². The lowest BCUT2D eigenvalue weighted by Gasteiger charge is -2.40. The van der Waals surface area contributed by atoms with Gasteiger partial charge >= 0.3 is 18.1 Å². The quantitative estimate of drug-likeness (QED) is 0.421. The SMILES string of the molecule is C=C(C)C(F)(F)C(F)C(F)(F)N1CCC(C(F)(F)F)CC1. The Morgan fingerprint density at radius 1 is 1.05 bits per heavy atom. The van der Waals surface area contributed by atoms with E-state index >= 15 is 0 Å². The van der Waals surface area contributed by atoms with E-state index in [0.717, 1.165) is 0 Å².